The Morgan fingerprint density at radius 2 is 1.86 bits per heavy atom. The zero-order chi connectivity index (χ0) is 20.9. The Labute approximate surface area is 171 Å². The van der Waals surface area contributed by atoms with E-state index < -0.39 is 22.0 Å². The zero-order valence-electron chi connectivity index (χ0n) is 16.3. The van der Waals surface area contributed by atoms with Crippen LogP contribution in [0.5, 0.6) is 5.75 Å². The summed E-state index contributed by atoms with van der Waals surface area (Å²) in [6, 6.07) is 12.7. The predicted molar refractivity (Wildman–Crippen MR) is 113 cm³/mol. The Kier molecular flexibility index (Phi) is 7.32. The number of nitrogens with one attached hydrogen (secondary N) is 1. The standard InChI is InChI=1S/C20H25ClN2O4S/c1-14-8-5-6-11-19(14)27-13-15(2)22-20(24)16(3)23(28(4,25)26)18-10-7-9-17(21)12-18/h5-12,15-16H,13H2,1-4H3,(H,22,24). The summed E-state index contributed by atoms with van der Waals surface area (Å²) in [5, 5.41) is 3.19. The fourth-order valence-electron chi connectivity index (χ4n) is 2.76. The highest BCUT2D eigenvalue weighted by molar-refractivity contribution is 7.92. The number of ether oxygens (including phenoxy) is 1. The number of para-hydroxylation sites is 1. The van der Waals surface area contributed by atoms with E-state index in [2.05, 4.69) is 5.32 Å². The summed E-state index contributed by atoms with van der Waals surface area (Å²) in [5.74, 6) is 0.319. The van der Waals surface area contributed by atoms with Gasteiger partial charge in [-0.2, -0.15) is 0 Å². The molecule has 0 spiro atoms. The number of hydrogen-bond donors (Lipinski definition) is 1. The van der Waals surface area contributed by atoms with Crippen LogP contribution in [0.2, 0.25) is 5.02 Å². The third kappa shape index (κ3) is 5.87. The van der Waals surface area contributed by atoms with Crippen molar-refractivity contribution in [2.45, 2.75) is 32.9 Å². The van der Waals surface area contributed by atoms with E-state index in [1.807, 2.05) is 31.2 Å². The van der Waals surface area contributed by atoms with Crippen LogP contribution >= 0.6 is 11.6 Å². The van der Waals surface area contributed by atoms with Gasteiger partial charge in [0.15, 0.2) is 0 Å². The molecule has 0 fully saturated rings. The molecule has 1 amide bonds. The maximum atomic E-state index is 12.7. The van der Waals surface area contributed by atoms with Crippen LogP contribution in [-0.4, -0.2) is 39.3 Å². The van der Waals surface area contributed by atoms with Crippen LogP contribution in [0.4, 0.5) is 5.69 Å². The normalized spacial score (nSPS) is 13.5. The second kappa shape index (κ2) is 9.30. The lowest BCUT2D eigenvalue weighted by molar-refractivity contribution is -0.122. The summed E-state index contributed by atoms with van der Waals surface area (Å²) >= 11 is 5.98. The molecule has 0 saturated heterocycles. The van der Waals surface area contributed by atoms with Crippen molar-refractivity contribution in [2.75, 3.05) is 17.2 Å². The topological polar surface area (TPSA) is 75.7 Å². The highest BCUT2D eigenvalue weighted by Crippen LogP contribution is 2.24. The van der Waals surface area contributed by atoms with Gasteiger partial charge in [-0.15, -0.1) is 0 Å². The number of carbonyl (C=O) groups is 1. The van der Waals surface area contributed by atoms with Crippen molar-refractivity contribution >= 4 is 33.2 Å². The maximum absolute atomic E-state index is 12.7. The Hall–Kier alpha value is -2.25. The Morgan fingerprint density at radius 1 is 1.18 bits per heavy atom. The van der Waals surface area contributed by atoms with Crippen LogP contribution in [0.1, 0.15) is 19.4 Å². The minimum absolute atomic E-state index is 0.263. The number of benzene rings is 2. The molecule has 0 bridgehead atoms. The van der Waals surface area contributed by atoms with Gasteiger partial charge in [-0.1, -0.05) is 35.9 Å². The molecule has 1 N–H and O–H groups in total. The molecule has 152 valence electrons. The molecule has 0 radical (unpaired) electrons. The van der Waals surface area contributed by atoms with Gasteiger partial charge in [-0.25, -0.2) is 8.42 Å². The second-order valence-corrected chi connectivity index (χ2v) is 9.00. The first kappa shape index (κ1) is 22.0. The van der Waals surface area contributed by atoms with Crippen molar-refractivity contribution in [3.8, 4) is 5.75 Å². The number of anilines is 1. The SMILES string of the molecule is Cc1ccccc1OCC(C)NC(=O)C(C)N(c1cccc(Cl)c1)S(C)(=O)=O. The largest absolute Gasteiger partial charge is 0.491 e. The molecule has 2 aromatic carbocycles. The Balaban J connectivity index is 2.07. The lowest BCUT2D eigenvalue weighted by Crippen LogP contribution is -2.50. The van der Waals surface area contributed by atoms with Gasteiger partial charge >= 0.3 is 0 Å². The quantitative estimate of drug-likeness (QED) is 0.704. The summed E-state index contributed by atoms with van der Waals surface area (Å²) in [5.41, 5.74) is 1.33. The summed E-state index contributed by atoms with van der Waals surface area (Å²) < 4.78 is 31.4. The van der Waals surface area contributed by atoms with Gasteiger partial charge in [0.25, 0.3) is 0 Å². The van der Waals surface area contributed by atoms with E-state index in [-0.39, 0.29) is 12.6 Å². The molecular weight excluding hydrogens is 400 g/mol. The molecule has 0 aliphatic rings. The lowest BCUT2D eigenvalue weighted by Gasteiger charge is -2.29. The Bertz CT molecular complexity index is 933. The number of carbonyl (C=O) groups excluding carboxylic acids is 1. The molecule has 28 heavy (non-hydrogen) atoms. The van der Waals surface area contributed by atoms with Crippen LogP contribution in [0.15, 0.2) is 48.5 Å². The van der Waals surface area contributed by atoms with Crippen molar-refractivity contribution in [1.29, 1.82) is 0 Å². The van der Waals surface area contributed by atoms with E-state index >= 15 is 0 Å². The third-order valence-electron chi connectivity index (χ3n) is 4.12. The molecule has 2 atom stereocenters. The molecular formula is C20H25ClN2O4S. The van der Waals surface area contributed by atoms with Crippen LogP contribution in [0, 0.1) is 6.92 Å². The molecule has 0 saturated carbocycles. The smallest absolute Gasteiger partial charge is 0.243 e. The summed E-state index contributed by atoms with van der Waals surface area (Å²) in [6.45, 7) is 5.54. The predicted octanol–water partition coefficient (Wildman–Crippen LogP) is 3.39. The number of nitrogens with zero attached hydrogens (tertiary/aromatic N) is 1. The highest BCUT2D eigenvalue weighted by Gasteiger charge is 2.29. The van der Waals surface area contributed by atoms with Crippen LogP contribution in [0.3, 0.4) is 0 Å². The van der Waals surface area contributed by atoms with Gasteiger partial charge in [-0.3, -0.25) is 9.10 Å². The van der Waals surface area contributed by atoms with Crippen molar-refractivity contribution in [3.05, 3.63) is 59.1 Å². The van der Waals surface area contributed by atoms with E-state index in [1.54, 1.807) is 25.1 Å². The monoisotopic (exact) mass is 424 g/mol. The molecule has 0 heterocycles. The van der Waals surface area contributed by atoms with Crippen LogP contribution in [-0.2, 0) is 14.8 Å². The first-order valence-corrected chi connectivity index (χ1v) is 11.1. The van der Waals surface area contributed by atoms with Gasteiger partial charge in [-0.05, 0) is 50.6 Å². The summed E-state index contributed by atoms with van der Waals surface area (Å²) in [7, 11) is -3.69. The lowest BCUT2D eigenvalue weighted by atomic mass is 10.2. The van der Waals surface area contributed by atoms with Crippen LogP contribution in [0.25, 0.3) is 0 Å². The molecule has 2 rings (SSSR count). The minimum Gasteiger partial charge on any atom is -0.491 e. The second-order valence-electron chi connectivity index (χ2n) is 6.70. The van der Waals surface area contributed by atoms with E-state index in [0.717, 1.165) is 21.9 Å². The van der Waals surface area contributed by atoms with E-state index in [9.17, 15) is 13.2 Å². The number of amides is 1. The fraction of sp³-hybridized carbons (Fsp3) is 0.350. The first-order valence-electron chi connectivity index (χ1n) is 8.83. The van der Waals surface area contributed by atoms with Gasteiger partial charge in [0, 0.05) is 5.02 Å². The molecule has 6 nitrogen and oxygen atoms in total. The fourth-order valence-corrected chi connectivity index (χ4v) is 4.11. The zero-order valence-corrected chi connectivity index (χ0v) is 17.9. The van der Waals surface area contributed by atoms with Gasteiger partial charge in [0.2, 0.25) is 15.9 Å². The van der Waals surface area contributed by atoms with Crippen molar-refractivity contribution in [3.63, 3.8) is 0 Å². The van der Waals surface area contributed by atoms with Gasteiger partial charge < -0.3 is 10.1 Å². The number of hydrogen-bond acceptors (Lipinski definition) is 4. The molecule has 0 aliphatic heterocycles. The number of rotatable bonds is 8. The average molecular weight is 425 g/mol. The Morgan fingerprint density at radius 3 is 2.46 bits per heavy atom. The maximum Gasteiger partial charge on any atom is 0.243 e. The highest BCUT2D eigenvalue weighted by atomic mass is 35.5. The minimum atomic E-state index is -3.69. The van der Waals surface area contributed by atoms with E-state index in [0.29, 0.717) is 10.7 Å². The summed E-state index contributed by atoms with van der Waals surface area (Å²) in [4.78, 5) is 12.7. The van der Waals surface area contributed by atoms with Gasteiger partial charge in [0.05, 0.1) is 18.0 Å². The van der Waals surface area contributed by atoms with Gasteiger partial charge in [0.1, 0.15) is 18.4 Å². The number of aryl methyl sites for hydroxylation is 1. The average Bonchev–Trinajstić information content (AvgIpc) is 2.60. The molecule has 8 heteroatoms. The van der Waals surface area contributed by atoms with Crippen molar-refractivity contribution < 1.29 is 17.9 Å². The molecule has 2 aromatic rings. The molecule has 0 aliphatic carbocycles. The van der Waals surface area contributed by atoms with Crippen molar-refractivity contribution in [1.82, 2.24) is 5.32 Å². The molecule has 0 aromatic heterocycles. The summed E-state index contributed by atoms with van der Waals surface area (Å²) in [6.07, 6.45) is 1.06. The number of halogens is 1. The van der Waals surface area contributed by atoms with Crippen molar-refractivity contribution in [2.24, 2.45) is 0 Å². The first-order chi connectivity index (χ1) is 13.1. The number of sulfonamides is 1. The van der Waals surface area contributed by atoms with Crippen LogP contribution < -0.4 is 14.4 Å². The molecule has 2 unspecified atom stereocenters. The van der Waals surface area contributed by atoms with E-state index in [4.69, 9.17) is 16.3 Å². The van der Waals surface area contributed by atoms with E-state index in [1.165, 1.54) is 13.0 Å². The third-order valence-corrected chi connectivity index (χ3v) is 5.60.